The predicted molar refractivity (Wildman–Crippen MR) is 100 cm³/mol. The van der Waals surface area contributed by atoms with E-state index in [4.69, 9.17) is 0 Å². The number of hydrogen-bond donors (Lipinski definition) is 1. The van der Waals surface area contributed by atoms with Crippen molar-refractivity contribution in [3.63, 3.8) is 0 Å². The van der Waals surface area contributed by atoms with Gasteiger partial charge >= 0.3 is 0 Å². The van der Waals surface area contributed by atoms with Crippen molar-refractivity contribution < 1.29 is 0 Å². The summed E-state index contributed by atoms with van der Waals surface area (Å²) in [5.41, 5.74) is 3.95. The fraction of sp³-hybridized carbons (Fsp3) is 0.294. The van der Waals surface area contributed by atoms with Crippen LogP contribution in [0.4, 0.5) is 0 Å². The average molecular weight is 318 g/mol. The quantitative estimate of drug-likeness (QED) is 0.671. The maximum atomic E-state index is 4.49. The molecule has 0 atom stereocenters. The van der Waals surface area contributed by atoms with Gasteiger partial charge in [-0.1, -0.05) is 33.1 Å². The molecule has 22 heavy (non-hydrogen) atoms. The Bertz CT molecular complexity index is 620. The molecule has 2 aromatic heterocycles. The molecule has 120 valence electrons. The highest BCUT2D eigenvalue weighted by Gasteiger charge is 2.11. The molecule has 0 aliphatic carbocycles. The topological polar surface area (TPSA) is 35.6 Å². The summed E-state index contributed by atoms with van der Waals surface area (Å²) in [6, 6.07) is 1.97. The van der Waals surface area contributed by atoms with Gasteiger partial charge in [-0.15, -0.1) is 0 Å². The highest BCUT2D eigenvalue weighted by Crippen LogP contribution is 2.23. The van der Waals surface area contributed by atoms with E-state index in [0.717, 1.165) is 22.6 Å². The van der Waals surface area contributed by atoms with Crippen molar-refractivity contribution in [3.8, 4) is 11.3 Å². The van der Waals surface area contributed by atoms with Crippen LogP contribution in [0, 0.1) is 6.92 Å². The van der Waals surface area contributed by atoms with Gasteiger partial charge in [-0.2, -0.15) is 22.8 Å². The number of allylic oxidation sites excluding steroid dienone is 4. The van der Waals surface area contributed by atoms with Gasteiger partial charge < -0.3 is 0 Å². The van der Waals surface area contributed by atoms with Crippen LogP contribution in [0.15, 0.2) is 49.8 Å². The van der Waals surface area contributed by atoms with Crippen LogP contribution >= 0.6 is 12.6 Å². The number of nitrogens with zero attached hydrogens (tertiary/aromatic N) is 4. The van der Waals surface area contributed by atoms with E-state index in [1.54, 1.807) is 29.3 Å². The van der Waals surface area contributed by atoms with Crippen LogP contribution in [0.1, 0.15) is 19.5 Å². The van der Waals surface area contributed by atoms with Gasteiger partial charge in [0.1, 0.15) is 0 Å². The highest BCUT2D eigenvalue weighted by molar-refractivity contribution is 7.79. The molecule has 0 spiro atoms. The van der Waals surface area contributed by atoms with Gasteiger partial charge in [0.15, 0.2) is 0 Å². The lowest BCUT2D eigenvalue weighted by Crippen LogP contribution is -1.94. The van der Waals surface area contributed by atoms with E-state index in [1.165, 1.54) is 0 Å². The summed E-state index contributed by atoms with van der Waals surface area (Å²) in [4.78, 5) is 0. The molecule has 0 amide bonds. The molecule has 0 aliphatic heterocycles. The first-order valence-electron chi connectivity index (χ1n) is 7.12. The maximum absolute atomic E-state index is 4.49. The Balaban J connectivity index is 0.00000102. The number of aryl methyl sites for hydroxylation is 2. The second kappa shape index (κ2) is 10.7. The van der Waals surface area contributed by atoms with Gasteiger partial charge in [-0.25, -0.2) is 4.68 Å². The van der Waals surface area contributed by atoms with E-state index in [9.17, 15) is 0 Å². The summed E-state index contributed by atoms with van der Waals surface area (Å²) in [5, 5.41) is 8.66. The fourth-order valence-corrected chi connectivity index (χ4v) is 1.84. The fourth-order valence-electron chi connectivity index (χ4n) is 1.84. The summed E-state index contributed by atoms with van der Waals surface area (Å²) in [6.45, 7) is 13.4. The van der Waals surface area contributed by atoms with E-state index >= 15 is 0 Å². The largest absolute Gasteiger partial charge is 0.268 e. The van der Waals surface area contributed by atoms with Crippen LogP contribution in [-0.2, 0) is 7.05 Å². The zero-order valence-electron chi connectivity index (χ0n) is 14.1. The Morgan fingerprint density at radius 3 is 2.36 bits per heavy atom. The number of rotatable bonds is 4. The zero-order chi connectivity index (χ0) is 17.1. The van der Waals surface area contributed by atoms with Crippen molar-refractivity contribution in [1.82, 2.24) is 19.6 Å². The van der Waals surface area contributed by atoms with Crippen LogP contribution < -0.4 is 0 Å². The molecular weight excluding hydrogens is 292 g/mol. The van der Waals surface area contributed by atoms with Crippen molar-refractivity contribution in [2.24, 2.45) is 7.05 Å². The Labute approximate surface area is 139 Å². The van der Waals surface area contributed by atoms with E-state index < -0.39 is 0 Å². The second-order valence-corrected chi connectivity index (χ2v) is 3.94. The Morgan fingerprint density at radius 2 is 1.91 bits per heavy atom. The highest BCUT2D eigenvalue weighted by atomic mass is 32.1. The monoisotopic (exact) mass is 318 g/mol. The summed E-state index contributed by atoms with van der Waals surface area (Å²) in [6.07, 6.45) is 10.8. The van der Waals surface area contributed by atoms with Crippen molar-refractivity contribution >= 4 is 18.3 Å². The summed E-state index contributed by atoms with van der Waals surface area (Å²) in [7, 11) is 1.92. The van der Waals surface area contributed by atoms with Crippen LogP contribution in [-0.4, -0.2) is 25.8 Å². The SMILES string of the molecule is C=C/C=C(\C=C)n1cc(-c2ccnn2C)c(C)n1.CC.CS. The lowest BCUT2D eigenvalue weighted by Gasteiger charge is -2.00. The molecule has 0 saturated carbocycles. The first-order valence-corrected chi connectivity index (χ1v) is 8.01. The minimum atomic E-state index is 0.890. The predicted octanol–water partition coefficient (Wildman–Crippen LogP) is 4.38. The van der Waals surface area contributed by atoms with Crippen LogP contribution in [0.25, 0.3) is 17.0 Å². The first kappa shape index (κ1) is 20.0. The molecule has 2 heterocycles. The molecular formula is C17H26N4S. The third-order valence-electron chi connectivity index (χ3n) is 2.76. The van der Waals surface area contributed by atoms with Crippen LogP contribution in [0.2, 0.25) is 0 Å². The van der Waals surface area contributed by atoms with E-state index in [1.807, 2.05) is 50.8 Å². The number of thiol groups is 1. The summed E-state index contributed by atoms with van der Waals surface area (Å²) in [5.74, 6) is 0. The van der Waals surface area contributed by atoms with Crippen molar-refractivity contribution in [2.75, 3.05) is 6.26 Å². The molecule has 5 heteroatoms. The first-order chi connectivity index (χ1) is 10.7. The third-order valence-corrected chi connectivity index (χ3v) is 2.76. The molecule has 2 aromatic rings. The maximum Gasteiger partial charge on any atom is 0.0713 e. The Hall–Kier alpha value is -2.01. The Morgan fingerprint density at radius 1 is 1.27 bits per heavy atom. The number of aromatic nitrogens is 4. The van der Waals surface area contributed by atoms with Gasteiger partial charge in [0.05, 0.1) is 17.1 Å². The standard InChI is InChI=1S/C14H16N4.C2H6.CH4S/c1-5-7-12(6-2)18-10-13(11(3)16-18)14-8-9-15-17(14)4;2*1-2/h5-10H,1-2H2,3-4H3;1-2H3;2H,1H3/b12-7+;;. The smallest absolute Gasteiger partial charge is 0.0713 e. The molecule has 0 bridgehead atoms. The second-order valence-electron chi connectivity index (χ2n) is 3.94. The minimum Gasteiger partial charge on any atom is -0.268 e. The molecule has 0 radical (unpaired) electrons. The average Bonchev–Trinajstić information content (AvgIpc) is 3.14. The zero-order valence-corrected chi connectivity index (χ0v) is 15.0. The third kappa shape index (κ3) is 4.77. The minimum absolute atomic E-state index is 0.890. The molecule has 2 rings (SSSR count). The van der Waals surface area contributed by atoms with Gasteiger partial charge in [-0.3, -0.25) is 4.68 Å². The lowest BCUT2D eigenvalue weighted by atomic mass is 10.2. The van der Waals surface area contributed by atoms with Crippen LogP contribution in [0.5, 0.6) is 0 Å². The van der Waals surface area contributed by atoms with Crippen molar-refractivity contribution in [2.45, 2.75) is 20.8 Å². The molecule has 0 aliphatic rings. The van der Waals surface area contributed by atoms with Gasteiger partial charge in [0, 0.05) is 25.0 Å². The van der Waals surface area contributed by atoms with Gasteiger partial charge in [-0.05, 0) is 31.4 Å². The molecule has 0 N–H and O–H groups in total. The van der Waals surface area contributed by atoms with Gasteiger partial charge in [0.25, 0.3) is 0 Å². The number of hydrogen-bond acceptors (Lipinski definition) is 3. The molecule has 0 unspecified atom stereocenters. The van der Waals surface area contributed by atoms with Crippen LogP contribution in [0.3, 0.4) is 0 Å². The normalized spacial score (nSPS) is 10.0. The van der Waals surface area contributed by atoms with E-state index in [-0.39, 0.29) is 0 Å². The van der Waals surface area contributed by atoms with Gasteiger partial charge in [0.2, 0.25) is 0 Å². The molecule has 0 fully saturated rings. The Kier molecular flexibility index (Phi) is 9.70. The summed E-state index contributed by atoms with van der Waals surface area (Å²) < 4.78 is 3.63. The molecule has 0 saturated heterocycles. The van der Waals surface area contributed by atoms with E-state index in [2.05, 4.69) is 36.0 Å². The molecule has 0 aromatic carbocycles. The van der Waals surface area contributed by atoms with Crippen molar-refractivity contribution in [1.29, 1.82) is 0 Å². The lowest BCUT2D eigenvalue weighted by molar-refractivity contribution is 0.775. The molecule has 4 nitrogen and oxygen atoms in total. The summed E-state index contributed by atoms with van der Waals surface area (Å²) >= 11 is 3.53. The van der Waals surface area contributed by atoms with E-state index in [0.29, 0.717) is 0 Å². The van der Waals surface area contributed by atoms with Crippen molar-refractivity contribution in [3.05, 3.63) is 55.5 Å².